The zero-order valence-corrected chi connectivity index (χ0v) is 17.6. The lowest BCUT2D eigenvalue weighted by molar-refractivity contribution is 0.0953. The Morgan fingerprint density at radius 1 is 0.656 bits per heavy atom. The van der Waals surface area contributed by atoms with Gasteiger partial charge in [-0.15, -0.1) is 0 Å². The lowest BCUT2D eigenvalue weighted by Gasteiger charge is -2.10. The van der Waals surface area contributed by atoms with Crippen molar-refractivity contribution in [2.45, 2.75) is 0 Å². The summed E-state index contributed by atoms with van der Waals surface area (Å²) < 4.78 is 5.06. The molecule has 0 heterocycles. The SMILES string of the molecule is COc1ccc(C(=O)NCCNC(=O)Nc2ccc(C(=O)Nc3ccccc3)cc2)cc1. The number of para-hydroxylation sites is 1. The zero-order chi connectivity index (χ0) is 22.8. The minimum Gasteiger partial charge on any atom is -0.497 e. The van der Waals surface area contributed by atoms with Crippen molar-refractivity contribution in [1.82, 2.24) is 10.6 Å². The van der Waals surface area contributed by atoms with Crippen molar-refractivity contribution < 1.29 is 19.1 Å². The van der Waals surface area contributed by atoms with E-state index >= 15 is 0 Å². The van der Waals surface area contributed by atoms with Gasteiger partial charge in [0, 0.05) is 35.6 Å². The van der Waals surface area contributed by atoms with E-state index in [4.69, 9.17) is 4.74 Å². The molecule has 0 aliphatic heterocycles. The van der Waals surface area contributed by atoms with Gasteiger partial charge in [0.05, 0.1) is 7.11 Å². The van der Waals surface area contributed by atoms with Gasteiger partial charge in [0.1, 0.15) is 5.75 Å². The first kappa shape index (κ1) is 22.4. The molecule has 0 fully saturated rings. The first-order chi connectivity index (χ1) is 15.5. The highest BCUT2D eigenvalue weighted by Crippen LogP contribution is 2.13. The number of ether oxygens (including phenoxy) is 1. The molecule has 0 saturated heterocycles. The molecule has 0 spiro atoms. The highest BCUT2D eigenvalue weighted by Gasteiger charge is 2.08. The molecule has 0 aromatic heterocycles. The summed E-state index contributed by atoms with van der Waals surface area (Å²) in [7, 11) is 1.56. The normalized spacial score (nSPS) is 10.0. The highest BCUT2D eigenvalue weighted by molar-refractivity contribution is 6.04. The van der Waals surface area contributed by atoms with Crippen LogP contribution in [0.15, 0.2) is 78.9 Å². The van der Waals surface area contributed by atoms with Gasteiger partial charge in [-0.2, -0.15) is 0 Å². The van der Waals surface area contributed by atoms with Gasteiger partial charge in [-0.1, -0.05) is 18.2 Å². The van der Waals surface area contributed by atoms with Crippen LogP contribution in [0.4, 0.5) is 16.2 Å². The zero-order valence-electron chi connectivity index (χ0n) is 17.6. The molecule has 0 unspecified atom stereocenters. The second-order valence-corrected chi connectivity index (χ2v) is 6.76. The summed E-state index contributed by atoms with van der Waals surface area (Å²) in [5.74, 6) is 0.198. The van der Waals surface area contributed by atoms with E-state index in [-0.39, 0.29) is 24.9 Å². The molecule has 0 aliphatic rings. The van der Waals surface area contributed by atoms with Crippen LogP contribution < -0.4 is 26.0 Å². The summed E-state index contributed by atoms with van der Waals surface area (Å²) in [5.41, 5.74) is 2.23. The maximum Gasteiger partial charge on any atom is 0.319 e. The van der Waals surface area contributed by atoms with Crippen LogP contribution in [0, 0.1) is 0 Å². The molecule has 0 aliphatic carbocycles. The molecule has 0 atom stereocenters. The Labute approximate surface area is 186 Å². The summed E-state index contributed by atoms with van der Waals surface area (Å²) in [6.07, 6.45) is 0. The predicted molar refractivity (Wildman–Crippen MR) is 123 cm³/mol. The van der Waals surface area contributed by atoms with E-state index in [1.54, 1.807) is 67.8 Å². The smallest absolute Gasteiger partial charge is 0.319 e. The van der Waals surface area contributed by atoms with Crippen molar-refractivity contribution in [3.63, 3.8) is 0 Å². The highest BCUT2D eigenvalue weighted by atomic mass is 16.5. The number of urea groups is 1. The Morgan fingerprint density at radius 3 is 1.88 bits per heavy atom. The standard InChI is InChI=1S/C24H24N4O4/c1-32-21-13-9-17(10-14-21)22(29)25-15-16-26-24(31)28-20-11-7-18(8-12-20)23(30)27-19-5-3-2-4-6-19/h2-14H,15-16H2,1H3,(H,25,29)(H,27,30)(H2,26,28,31). The third-order valence-corrected chi connectivity index (χ3v) is 4.48. The van der Waals surface area contributed by atoms with Crippen LogP contribution in [0.25, 0.3) is 0 Å². The van der Waals surface area contributed by atoms with Gasteiger partial charge >= 0.3 is 6.03 Å². The summed E-state index contributed by atoms with van der Waals surface area (Å²) >= 11 is 0. The number of benzene rings is 3. The number of methoxy groups -OCH3 is 1. The van der Waals surface area contributed by atoms with Crippen LogP contribution >= 0.6 is 0 Å². The number of carbonyl (C=O) groups excluding carboxylic acids is 3. The fourth-order valence-corrected chi connectivity index (χ4v) is 2.80. The lowest BCUT2D eigenvalue weighted by atomic mass is 10.2. The molecular formula is C24H24N4O4. The molecule has 164 valence electrons. The summed E-state index contributed by atoms with van der Waals surface area (Å²) in [6.45, 7) is 0.530. The van der Waals surface area contributed by atoms with Gasteiger partial charge in [0.15, 0.2) is 0 Å². The van der Waals surface area contributed by atoms with E-state index in [1.807, 2.05) is 18.2 Å². The Balaban J connectivity index is 1.39. The van der Waals surface area contributed by atoms with Crippen LogP contribution in [0.3, 0.4) is 0 Å². The molecule has 4 amide bonds. The molecular weight excluding hydrogens is 408 g/mol. The molecule has 3 rings (SSSR count). The van der Waals surface area contributed by atoms with Crippen molar-refractivity contribution in [1.29, 1.82) is 0 Å². The minimum atomic E-state index is -0.412. The van der Waals surface area contributed by atoms with Crippen LogP contribution in [0.5, 0.6) is 5.75 Å². The average molecular weight is 432 g/mol. The average Bonchev–Trinajstić information content (AvgIpc) is 2.83. The molecule has 0 radical (unpaired) electrons. The molecule has 8 nitrogen and oxygen atoms in total. The Bertz CT molecular complexity index is 1050. The van der Waals surface area contributed by atoms with E-state index in [0.29, 0.717) is 28.3 Å². The molecule has 32 heavy (non-hydrogen) atoms. The van der Waals surface area contributed by atoms with E-state index in [2.05, 4.69) is 21.3 Å². The van der Waals surface area contributed by atoms with Gasteiger partial charge in [-0.05, 0) is 60.7 Å². The minimum absolute atomic E-state index is 0.236. The number of nitrogens with one attached hydrogen (secondary N) is 4. The van der Waals surface area contributed by atoms with Crippen molar-refractivity contribution >= 4 is 29.2 Å². The molecule has 3 aromatic carbocycles. The second-order valence-electron chi connectivity index (χ2n) is 6.76. The molecule has 0 saturated carbocycles. The van der Waals surface area contributed by atoms with Crippen molar-refractivity contribution in [2.24, 2.45) is 0 Å². The Hall–Kier alpha value is -4.33. The van der Waals surface area contributed by atoms with Crippen LogP contribution in [-0.4, -0.2) is 38.0 Å². The Morgan fingerprint density at radius 2 is 1.22 bits per heavy atom. The monoisotopic (exact) mass is 432 g/mol. The number of anilines is 2. The maximum absolute atomic E-state index is 12.3. The molecule has 3 aromatic rings. The van der Waals surface area contributed by atoms with E-state index < -0.39 is 6.03 Å². The van der Waals surface area contributed by atoms with Gasteiger partial charge in [-0.25, -0.2) is 4.79 Å². The van der Waals surface area contributed by atoms with Crippen LogP contribution in [-0.2, 0) is 0 Å². The number of carbonyl (C=O) groups is 3. The van der Waals surface area contributed by atoms with Crippen LogP contribution in [0.1, 0.15) is 20.7 Å². The quantitative estimate of drug-likeness (QED) is 0.409. The maximum atomic E-state index is 12.3. The summed E-state index contributed by atoms with van der Waals surface area (Å²) in [6, 6.07) is 22.0. The first-order valence-corrected chi connectivity index (χ1v) is 9.99. The number of hydrogen-bond donors (Lipinski definition) is 4. The second kappa shape index (κ2) is 11.2. The fraction of sp³-hybridized carbons (Fsp3) is 0.125. The molecule has 0 bridgehead atoms. The van der Waals surface area contributed by atoms with Gasteiger partial charge in [0.25, 0.3) is 11.8 Å². The third kappa shape index (κ3) is 6.60. The Kier molecular flexibility index (Phi) is 7.80. The van der Waals surface area contributed by atoms with E-state index in [9.17, 15) is 14.4 Å². The van der Waals surface area contributed by atoms with E-state index in [0.717, 1.165) is 0 Å². The lowest BCUT2D eigenvalue weighted by Crippen LogP contribution is -2.36. The van der Waals surface area contributed by atoms with Gasteiger partial charge < -0.3 is 26.0 Å². The van der Waals surface area contributed by atoms with Crippen molar-refractivity contribution in [3.05, 3.63) is 90.0 Å². The fourth-order valence-electron chi connectivity index (χ4n) is 2.80. The predicted octanol–water partition coefficient (Wildman–Crippen LogP) is 3.50. The summed E-state index contributed by atoms with van der Waals surface area (Å²) in [5, 5.41) is 10.9. The third-order valence-electron chi connectivity index (χ3n) is 4.48. The van der Waals surface area contributed by atoms with E-state index in [1.165, 1.54) is 0 Å². The number of amides is 4. The summed E-state index contributed by atoms with van der Waals surface area (Å²) in [4.78, 5) is 36.4. The van der Waals surface area contributed by atoms with Crippen LogP contribution in [0.2, 0.25) is 0 Å². The van der Waals surface area contributed by atoms with Gasteiger partial charge in [-0.3, -0.25) is 9.59 Å². The van der Waals surface area contributed by atoms with Gasteiger partial charge in [0.2, 0.25) is 0 Å². The number of hydrogen-bond acceptors (Lipinski definition) is 4. The molecule has 8 heteroatoms. The topological polar surface area (TPSA) is 109 Å². The van der Waals surface area contributed by atoms with Crippen molar-refractivity contribution in [3.8, 4) is 5.75 Å². The number of rotatable bonds is 8. The van der Waals surface area contributed by atoms with Crippen molar-refractivity contribution in [2.75, 3.05) is 30.8 Å². The molecule has 4 N–H and O–H groups in total. The first-order valence-electron chi connectivity index (χ1n) is 9.99. The largest absolute Gasteiger partial charge is 0.497 e.